The van der Waals surface area contributed by atoms with Crippen LogP contribution in [0.3, 0.4) is 0 Å². The minimum absolute atomic E-state index is 0.00971. The topological polar surface area (TPSA) is 96.0 Å². The smallest absolute Gasteiger partial charge is 0.311 e. The lowest BCUT2D eigenvalue weighted by Gasteiger charge is -2.10. The number of aromatic hydroxyl groups is 2. The van der Waals surface area contributed by atoms with E-state index >= 15 is 0 Å². The number of benzene rings is 3. The van der Waals surface area contributed by atoms with Crippen molar-refractivity contribution in [1.82, 2.24) is 0 Å². The molecule has 31 heavy (non-hydrogen) atoms. The molecule has 0 radical (unpaired) electrons. The molecule has 0 fully saturated rings. The molecule has 6 nitrogen and oxygen atoms in total. The van der Waals surface area contributed by atoms with Crippen LogP contribution in [0.25, 0.3) is 0 Å². The fraction of sp³-hybridized carbons (Fsp3) is 0.208. The number of phenolic OH excluding ortho intramolecular Hbond substituents is 2. The highest BCUT2D eigenvalue weighted by Crippen LogP contribution is 2.34. The van der Waals surface area contributed by atoms with E-state index in [1.807, 2.05) is 24.3 Å². The molecule has 3 rings (SSSR count). The number of nitrogens with zero attached hydrogens (tertiary/aromatic N) is 2. The van der Waals surface area contributed by atoms with Gasteiger partial charge in [0, 0.05) is 22.9 Å². The van der Waals surface area contributed by atoms with Crippen LogP contribution in [0.5, 0.6) is 11.5 Å². The van der Waals surface area contributed by atoms with Crippen LogP contribution in [0.4, 0.5) is 11.4 Å². The summed E-state index contributed by atoms with van der Waals surface area (Å²) in [6, 6.07) is 15.4. The molecule has 2 N–H and O–H groups in total. The van der Waals surface area contributed by atoms with Gasteiger partial charge in [-0.25, -0.2) is 0 Å². The molecular weight excluding hydrogens is 416 g/mol. The highest BCUT2D eigenvalue weighted by Gasteiger charge is 2.19. The number of rotatable bonds is 7. The molecule has 0 aliphatic rings. The lowest BCUT2D eigenvalue weighted by atomic mass is 9.98. The summed E-state index contributed by atoms with van der Waals surface area (Å²) < 4.78 is 0. The Kier molecular flexibility index (Phi) is 6.92. The molecule has 3 aromatic carbocycles. The average Bonchev–Trinajstić information content (AvgIpc) is 2.75. The molecule has 0 saturated heterocycles. The molecule has 0 bridgehead atoms. The van der Waals surface area contributed by atoms with Crippen LogP contribution in [0.2, 0.25) is 5.02 Å². The molecule has 0 saturated carbocycles. The van der Waals surface area contributed by atoms with E-state index in [2.05, 4.69) is 18.8 Å². The SMILES string of the molecule is CC[C@@H](C)c1ccc(O)c(N=Cc2cc(Cc3ccccc3Cl)cc([N+](=O)[O-])c2O)c1. The van der Waals surface area contributed by atoms with E-state index in [1.54, 1.807) is 24.3 Å². The third-order valence-corrected chi connectivity index (χ3v) is 5.62. The largest absolute Gasteiger partial charge is 0.506 e. The predicted molar refractivity (Wildman–Crippen MR) is 123 cm³/mol. The second-order valence-corrected chi connectivity index (χ2v) is 7.80. The fourth-order valence-electron chi connectivity index (χ4n) is 3.23. The number of hydrogen-bond donors (Lipinski definition) is 2. The van der Waals surface area contributed by atoms with Crippen LogP contribution in [0, 0.1) is 10.1 Å². The van der Waals surface area contributed by atoms with Crippen LogP contribution in [-0.2, 0) is 6.42 Å². The summed E-state index contributed by atoms with van der Waals surface area (Å²) in [4.78, 5) is 15.1. The van der Waals surface area contributed by atoms with Crippen molar-refractivity contribution in [3.63, 3.8) is 0 Å². The van der Waals surface area contributed by atoms with Crippen molar-refractivity contribution in [3.8, 4) is 11.5 Å². The summed E-state index contributed by atoms with van der Waals surface area (Å²) >= 11 is 6.22. The molecule has 0 spiro atoms. The van der Waals surface area contributed by atoms with Gasteiger partial charge in [0.2, 0.25) is 5.75 Å². The van der Waals surface area contributed by atoms with E-state index in [4.69, 9.17) is 11.6 Å². The zero-order valence-corrected chi connectivity index (χ0v) is 18.0. The quantitative estimate of drug-likeness (QED) is 0.249. The van der Waals surface area contributed by atoms with Crippen LogP contribution < -0.4 is 0 Å². The Labute approximate surface area is 185 Å². The van der Waals surface area contributed by atoms with Crippen molar-refractivity contribution in [2.75, 3.05) is 0 Å². The molecule has 7 heteroatoms. The number of nitro groups is 1. The van der Waals surface area contributed by atoms with Crippen LogP contribution in [0.15, 0.2) is 59.6 Å². The van der Waals surface area contributed by atoms with Crippen molar-refractivity contribution < 1.29 is 15.1 Å². The van der Waals surface area contributed by atoms with E-state index in [1.165, 1.54) is 12.3 Å². The van der Waals surface area contributed by atoms with Crippen molar-refractivity contribution >= 4 is 29.2 Å². The number of hydrogen-bond acceptors (Lipinski definition) is 5. The van der Waals surface area contributed by atoms with E-state index < -0.39 is 16.4 Å². The van der Waals surface area contributed by atoms with Crippen molar-refractivity contribution in [3.05, 3.63) is 92.0 Å². The maximum Gasteiger partial charge on any atom is 0.311 e. The Morgan fingerprint density at radius 3 is 2.58 bits per heavy atom. The van der Waals surface area contributed by atoms with Crippen molar-refractivity contribution in [2.45, 2.75) is 32.6 Å². The minimum Gasteiger partial charge on any atom is -0.506 e. The second-order valence-electron chi connectivity index (χ2n) is 7.39. The first kappa shape index (κ1) is 22.3. The van der Waals surface area contributed by atoms with Crippen LogP contribution >= 0.6 is 11.6 Å². The van der Waals surface area contributed by atoms with Gasteiger partial charge < -0.3 is 10.2 Å². The van der Waals surface area contributed by atoms with E-state index in [0.717, 1.165) is 17.5 Å². The van der Waals surface area contributed by atoms with Gasteiger partial charge in [-0.15, -0.1) is 0 Å². The first-order valence-electron chi connectivity index (χ1n) is 9.90. The second kappa shape index (κ2) is 9.62. The zero-order valence-electron chi connectivity index (χ0n) is 17.2. The number of aliphatic imine (C=N–C) groups is 1. The van der Waals surface area contributed by atoms with Gasteiger partial charge in [0.05, 0.1) is 4.92 Å². The molecule has 3 aromatic rings. The Balaban J connectivity index is 2.02. The summed E-state index contributed by atoms with van der Waals surface area (Å²) in [5.41, 5.74) is 2.54. The maximum absolute atomic E-state index is 11.5. The fourth-order valence-corrected chi connectivity index (χ4v) is 3.43. The number of nitro benzene ring substituents is 1. The molecule has 160 valence electrons. The van der Waals surface area contributed by atoms with Gasteiger partial charge >= 0.3 is 5.69 Å². The maximum atomic E-state index is 11.5. The molecule has 0 aliphatic heterocycles. The lowest BCUT2D eigenvalue weighted by Crippen LogP contribution is -1.97. The van der Waals surface area contributed by atoms with Crippen LogP contribution in [0.1, 0.15) is 48.4 Å². The summed E-state index contributed by atoms with van der Waals surface area (Å²) in [6.07, 6.45) is 2.62. The van der Waals surface area contributed by atoms with Crippen LogP contribution in [-0.4, -0.2) is 21.4 Å². The van der Waals surface area contributed by atoms with E-state index in [9.17, 15) is 20.3 Å². The summed E-state index contributed by atoms with van der Waals surface area (Å²) in [5.74, 6) is -0.193. The Morgan fingerprint density at radius 1 is 1.16 bits per heavy atom. The molecule has 1 atom stereocenters. The normalized spacial score (nSPS) is 12.2. The van der Waals surface area contributed by atoms with Gasteiger partial charge in [0.1, 0.15) is 11.4 Å². The molecule has 0 aromatic heterocycles. The van der Waals surface area contributed by atoms with Gasteiger partial charge in [-0.2, -0.15) is 0 Å². The van der Waals surface area contributed by atoms with Gasteiger partial charge in [-0.3, -0.25) is 15.1 Å². The Morgan fingerprint density at radius 2 is 1.90 bits per heavy atom. The monoisotopic (exact) mass is 438 g/mol. The standard InChI is InChI=1S/C24H23ClN2O4/c1-3-15(2)17-8-9-23(28)21(13-17)26-14-19-11-16(12-22(24(19)29)27(30)31)10-18-6-4-5-7-20(18)25/h4-9,11-15,28-29H,3,10H2,1-2H3/t15-/m1/s1. The average molecular weight is 439 g/mol. The lowest BCUT2D eigenvalue weighted by molar-refractivity contribution is -0.385. The van der Waals surface area contributed by atoms with Gasteiger partial charge in [0.25, 0.3) is 0 Å². The van der Waals surface area contributed by atoms with Gasteiger partial charge in [0.15, 0.2) is 0 Å². The highest BCUT2D eigenvalue weighted by molar-refractivity contribution is 6.31. The van der Waals surface area contributed by atoms with E-state index in [-0.39, 0.29) is 11.3 Å². The summed E-state index contributed by atoms with van der Waals surface area (Å²) in [5, 5.41) is 32.6. The van der Waals surface area contributed by atoms with Crippen molar-refractivity contribution in [1.29, 1.82) is 0 Å². The third kappa shape index (κ3) is 5.22. The Hall–Kier alpha value is -3.38. The molecule has 0 aliphatic carbocycles. The third-order valence-electron chi connectivity index (χ3n) is 5.25. The highest BCUT2D eigenvalue weighted by atomic mass is 35.5. The molecule has 0 heterocycles. The summed E-state index contributed by atoms with van der Waals surface area (Å²) in [6.45, 7) is 4.15. The minimum atomic E-state index is -0.635. The van der Waals surface area contributed by atoms with E-state index in [0.29, 0.717) is 28.6 Å². The molecular formula is C24H23ClN2O4. The first-order valence-corrected chi connectivity index (χ1v) is 10.3. The summed E-state index contributed by atoms with van der Waals surface area (Å²) in [7, 11) is 0. The number of halogens is 1. The van der Waals surface area contributed by atoms with Gasteiger partial charge in [-0.1, -0.05) is 49.7 Å². The Bertz CT molecular complexity index is 1140. The zero-order chi connectivity index (χ0) is 22.5. The first-order chi connectivity index (χ1) is 14.8. The van der Waals surface area contributed by atoms with Gasteiger partial charge in [-0.05, 0) is 59.7 Å². The predicted octanol–water partition coefficient (Wildman–Crippen LogP) is 6.51. The number of phenols is 2. The molecule has 0 amide bonds. The van der Waals surface area contributed by atoms with Crippen molar-refractivity contribution in [2.24, 2.45) is 4.99 Å². The molecule has 0 unspecified atom stereocenters.